The van der Waals surface area contributed by atoms with Crippen LogP contribution in [0.15, 0.2) is 18.2 Å². The van der Waals surface area contributed by atoms with E-state index in [1.807, 2.05) is 0 Å². The van der Waals surface area contributed by atoms with Gasteiger partial charge in [-0.2, -0.15) is 13.2 Å². The van der Waals surface area contributed by atoms with Gasteiger partial charge >= 0.3 is 6.18 Å². The molecule has 2 rings (SSSR count). The number of carbonyl (C=O) groups excluding carboxylic acids is 1. The Morgan fingerprint density at radius 2 is 2.04 bits per heavy atom. The quantitative estimate of drug-likeness (QED) is 0.851. The monoisotopic (exact) mass is 370 g/mol. The van der Waals surface area contributed by atoms with Crippen molar-refractivity contribution in [1.29, 1.82) is 0 Å². The summed E-state index contributed by atoms with van der Waals surface area (Å²) in [4.78, 5) is 11.7. The summed E-state index contributed by atoms with van der Waals surface area (Å²) < 4.78 is 60.7. The van der Waals surface area contributed by atoms with E-state index >= 15 is 0 Å². The molecule has 0 saturated carbocycles. The highest BCUT2D eigenvalue weighted by atomic mass is 35.5. The molecule has 1 atom stereocenters. The lowest BCUT2D eigenvalue weighted by molar-refractivity contribution is -0.137. The number of benzene rings is 1. The Balaban J connectivity index is 1.92. The Kier molecular flexibility index (Phi) is 5.10. The summed E-state index contributed by atoms with van der Waals surface area (Å²) >= 11 is 5.50. The molecule has 1 unspecified atom stereocenters. The smallest absolute Gasteiger partial charge is 0.376 e. The first-order chi connectivity index (χ1) is 10.6. The van der Waals surface area contributed by atoms with Crippen LogP contribution in [0.5, 0.6) is 0 Å². The zero-order chi connectivity index (χ0) is 17.3. The highest BCUT2D eigenvalue weighted by molar-refractivity contribution is 7.91. The van der Waals surface area contributed by atoms with Crippen LogP contribution in [0.3, 0.4) is 0 Å². The number of amides is 1. The molecule has 2 N–H and O–H groups in total. The van der Waals surface area contributed by atoms with E-state index in [-0.39, 0.29) is 23.7 Å². The summed E-state index contributed by atoms with van der Waals surface area (Å²) in [6.45, 7) is -0.268. The molecular formula is C13H14ClF3N2O3S. The van der Waals surface area contributed by atoms with Crippen molar-refractivity contribution in [2.45, 2.75) is 18.6 Å². The maximum absolute atomic E-state index is 12.7. The van der Waals surface area contributed by atoms with Crippen LogP contribution in [0.4, 0.5) is 18.9 Å². The summed E-state index contributed by atoms with van der Waals surface area (Å²) in [5.41, 5.74) is -0.901. The number of hydrogen-bond acceptors (Lipinski definition) is 4. The van der Waals surface area contributed by atoms with Gasteiger partial charge in [0.2, 0.25) is 5.91 Å². The van der Waals surface area contributed by atoms with Crippen LogP contribution in [0, 0.1) is 0 Å². The summed E-state index contributed by atoms with van der Waals surface area (Å²) in [5.74, 6) is -0.578. The van der Waals surface area contributed by atoms with Gasteiger partial charge in [-0.15, -0.1) is 0 Å². The first-order valence-corrected chi connectivity index (χ1v) is 8.87. The van der Waals surface area contributed by atoms with Crippen molar-refractivity contribution in [2.24, 2.45) is 0 Å². The second-order valence-corrected chi connectivity index (χ2v) is 7.85. The van der Waals surface area contributed by atoms with E-state index in [9.17, 15) is 26.4 Å². The van der Waals surface area contributed by atoms with Gasteiger partial charge in [-0.1, -0.05) is 11.6 Å². The molecule has 1 saturated heterocycles. The number of anilines is 1. The van der Waals surface area contributed by atoms with Gasteiger partial charge in [-0.3, -0.25) is 4.79 Å². The molecule has 1 aromatic rings. The van der Waals surface area contributed by atoms with E-state index in [4.69, 9.17) is 11.6 Å². The summed E-state index contributed by atoms with van der Waals surface area (Å²) in [6, 6.07) is 2.78. The van der Waals surface area contributed by atoms with Gasteiger partial charge in [0.05, 0.1) is 28.6 Å². The highest BCUT2D eigenvalue weighted by Crippen LogP contribution is 2.36. The van der Waals surface area contributed by atoms with Crippen LogP contribution in [0.2, 0.25) is 5.02 Å². The molecular weight excluding hydrogens is 357 g/mol. The van der Waals surface area contributed by atoms with Crippen molar-refractivity contribution in [1.82, 2.24) is 5.32 Å². The zero-order valence-corrected chi connectivity index (χ0v) is 13.4. The first kappa shape index (κ1) is 17.9. The van der Waals surface area contributed by atoms with Crippen LogP contribution in [-0.4, -0.2) is 38.4 Å². The average Bonchev–Trinajstić information content (AvgIpc) is 2.75. The van der Waals surface area contributed by atoms with Crippen LogP contribution in [0.1, 0.15) is 12.0 Å². The molecule has 1 aromatic carbocycles. The molecule has 1 amide bonds. The lowest BCUT2D eigenvalue weighted by Crippen LogP contribution is -2.39. The molecule has 1 fully saturated rings. The van der Waals surface area contributed by atoms with E-state index < -0.39 is 38.5 Å². The van der Waals surface area contributed by atoms with Crippen molar-refractivity contribution in [3.05, 3.63) is 28.8 Å². The van der Waals surface area contributed by atoms with E-state index in [2.05, 4.69) is 10.6 Å². The molecule has 128 valence electrons. The number of rotatable bonds is 4. The molecule has 5 nitrogen and oxygen atoms in total. The first-order valence-electron chi connectivity index (χ1n) is 6.67. The number of nitrogens with one attached hydrogen (secondary N) is 2. The fourth-order valence-electron chi connectivity index (χ4n) is 2.22. The number of hydrogen-bond donors (Lipinski definition) is 2. The minimum absolute atomic E-state index is 0.0253. The molecule has 1 aliphatic heterocycles. The third-order valence-electron chi connectivity index (χ3n) is 3.32. The maximum Gasteiger partial charge on any atom is 0.417 e. The Bertz CT molecular complexity index is 707. The lowest BCUT2D eigenvalue weighted by Gasteiger charge is -2.14. The Labute approximate surface area is 136 Å². The standard InChI is InChI=1S/C13H14ClF3N2O3S/c14-11-2-1-8(5-10(11)13(15,16)17)18-6-12(20)19-9-3-4-23(21,22)7-9/h1-2,5,9,18H,3-4,6-7H2,(H,19,20). The number of sulfone groups is 1. The molecule has 0 bridgehead atoms. The molecule has 1 aliphatic rings. The summed E-state index contributed by atoms with van der Waals surface area (Å²) in [7, 11) is -3.11. The second kappa shape index (κ2) is 6.56. The van der Waals surface area contributed by atoms with Gasteiger partial charge in [0, 0.05) is 11.7 Å². The molecule has 1 heterocycles. The lowest BCUT2D eigenvalue weighted by atomic mass is 10.2. The van der Waals surface area contributed by atoms with Crippen molar-refractivity contribution < 1.29 is 26.4 Å². The molecule has 10 heteroatoms. The number of carbonyl (C=O) groups is 1. The van der Waals surface area contributed by atoms with Crippen molar-refractivity contribution in [3.8, 4) is 0 Å². The molecule has 23 heavy (non-hydrogen) atoms. The highest BCUT2D eigenvalue weighted by Gasteiger charge is 2.33. The van der Waals surface area contributed by atoms with Gasteiger partial charge < -0.3 is 10.6 Å². The van der Waals surface area contributed by atoms with Gasteiger partial charge in [0.1, 0.15) is 0 Å². The average molecular weight is 371 g/mol. The normalized spacial score (nSPS) is 20.3. The van der Waals surface area contributed by atoms with Crippen LogP contribution < -0.4 is 10.6 Å². The van der Waals surface area contributed by atoms with E-state index in [0.29, 0.717) is 6.42 Å². The van der Waals surface area contributed by atoms with Crippen molar-refractivity contribution in [2.75, 3.05) is 23.4 Å². The number of alkyl halides is 3. The maximum atomic E-state index is 12.7. The Morgan fingerprint density at radius 3 is 2.61 bits per heavy atom. The van der Waals surface area contributed by atoms with Crippen molar-refractivity contribution >= 4 is 33.0 Å². The third kappa shape index (κ3) is 5.00. The third-order valence-corrected chi connectivity index (χ3v) is 5.42. The van der Waals surface area contributed by atoms with E-state index in [1.165, 1.54) is 6.07 Å². The summed E-state index contributed by atoms with van der Waals surface area (Å²) in [6.07, 6.45) is -4.25. The van der Waals surface area contributed by atoms with Gasteiger partial charge in [0.25, 0.3) is 0 Å². The van der Waals surface area contributed by atoms with Gasteiger partial charge in [0.15, 0.2) is 9.84 Å². The largest absolute Gasteiger partial charge is 0.417 e. The molecule has 0 radical (unpaired) electrons. The van der Waals surface area contributed by atoms with Gasteiger partial charge in [-0.05, 0) is 24.6 Å². The molecule has 0 aliphatic carbocycles. The minimum Gasteiger partial charge on any atom is -0.376 e. The predicted octanol–water partition coefficient (Wildman–Crippen LogP) is 2.07. The van der Waals surface area contributed by atoms with Gasteiger partial charge in [-0.25, -0.2) is 8.42 Å². The van der Waals surface area contributed by atoms with Crippen LogP contribution >= 0.6 is 11.6 Å². The number of halogens is 4. The molecule has 0 aromatic heterocycles. The molecule has 0 spiro atoms. The topological polar surface area (TPSA) is 75.3 Å². The van der Waals surface area contributed by atoms with E-state index in [0.717, 1.165) is 12.1 Å². The SMILES string of the molecule is O=C(CNc1ccc(Cl)c(C(F)(F)F)c1)NC1CCS(=O)(=O)C1. The van der Waals surface area contributed by atoms with E-state index in [1.54, 1.807) is 0 Å². The summed E-state index contributed by atoms with van der Waals surface area (Å²) in [5, 5.41) is 4.66. The minimum atomic E-state index is -4.59. The second-order valence-electron chi connectivity index (χ2n) is 5.21. The predicted molar refractivity (Wildman–Crippen MR) is 80.1 cm³/mol. The van der Waals surface area contributed by atoms with Crippen molar-refractivity contribution in [3.63, 3.8) is 0 Å². The van der Waals surface area contributed by atoms with Crippen LogP contribution in [-0.2, 0) is 20.8 Å². The zero-order valence-electron chi connectivity index (χ0n) is 11.8. The Morgan fingerprint density at radius 1 is 1.35 bits per heavy atom. The fourth-order valence-corrected chi connectivity index (χ4v) is 4.12. The Hall–Kier alpha value is -1.48. The fraction of sp³-hybridized carbons (Fsp3) is 0.462. The van der Waals surface area contributed by atoms with Crippen LogP contribution in [0.25, 0.3) is 0 Å².